The zero-order valence-electron chi connectivity index (χ0n) is 11.5. The van der Waals surface area contributed by atoms with Gasteiger partial charge in [-0.1, -0.05) is 18.2 Å². The first-order chi connectivity index (χ1) is 10.3. The number of hydrogen-bond donors (Lipinski definition) is 1. The number of Topliss-reactive ketones (excluding diaryl/α,β-unsaturated/α-hetero) is 1. The van der Waals surface area contributed by atoms with Gasteiger partial charge in [-0.3, -0.25) is 9.20 Å². The van der Waals surface area contributed by atoms with Crippen molar-refractivity contribution in [2.45, 2.75) is 19.4 Å². The van der Waals surface area contributed by atoms with Gasteiger partial charge in [-0.15, -0.1) is 11.3 Å². The van der Waals surface area contributed by atoms with Gasteiger partial charge in [0, 0.05) is 29.9 Å². The maximum atomic E-state index is 12.6. The molecule has 0 spiro atoms. The van der Waals surface area contributed by atoms with Gasteiger partial charge in [0.15, 0.2) is 10.7 Å². The van der Waals surface area contributed by atoms with E-state index in [1.807, 2.05) is 34.3 Å². The Morgan fingerprint density at radius 3 is 3.29 bits per heavy atom. The van der Waals surface area contributed by atoms with Gasteiger partial charge < -0.3 is 5.32 Å². The molecule has 1 aliphatic heterocycles. The average molecular weight is 297 g/mol. The van der Waals surface area contributed by atoms with Crippen molar-refractivity contribution in [1.82, 2.24) is 14.7 Å². The third-order valence-electron chi connectivity index (χ3n) is 3.93. The third-order valence-corrected chi connectivity index (χ3v) is 4.70. The maximum Gasteiger partial charge on any atom is 0.193 e. The van der Waals surface area contributed by atoms with E-state index in [1.54, 1.807) is 11.3 Å². The van der Waals surface area contributed by atoms with Gasteiger partial charge in [0.25, 0.3) is 0 Å². The number of rotatable bonds is 3. The molecule has 0 unspecified atom stereocenters. The van der Waals surface area contributed by atoms with Gasteiger partial charge >= 0.3 is 0 Å². The van der Waals surface area contributed by atoms with Gasteiger partial charge in [0.05, 0.1) is 12.1 Å². The number of imidazole rings is 1. The molecule has 0 saturated carbocycles. The second-order valence-corrected chi connectivity index (χ2v) is 6.17. The number of carbonyl (C=O) groups is 1. The number of nitrogens with zero attached hydrogens (tertiary/aromatic N) is 2. The predicted molar refractivity (Wildman–Crippen MR) is 83.0 cm³/mol. The molecule has 0 fully saturated rings. The molecule has 0 aliphatic carbocycles. The lowest BCUT2D eigenvalue weighted by Crippen LogP contribution is -2.25. The lowest BCUT2D eigenvalue weighted by molar-refractivity contribution is 0.0991. The minimum atomic E-state index is 0.166. The molecular weight excluding hydrogens is 282 g/mol. The Kier molecular flexibility index (Phi) is 3.09. The van der Waals surface area contributed by atoms with Crippen LogP contribution in [0.15, 0.2) is 36.0 Å². The molecule has 4 rings (SSSR count). The fraction of sp³-hybridized carbons (Fsp3) is 0.250. The van der Waals surface area contributed by atoms with Crippen molar-refractivity contribution < 1.29 is 4.79 Å². The van der Waals surface area contributed by atoms with Crippen LogP contribution < -0.4 is 5.32 Å². The summed E-state index contributed by atoms with van der Waals surface area (Å²) in [6.45, 7) is 1.80. The molecule has 0 amide bonds. The van der Waals surface area contributed by atoms with Crippen LogP contribution in [-0.2, 0) is 19.4 Å². The molecule has 4 nitrogen and oxygen atoms in total. The predicted octanol–water partition coefficient (Wildman–Crippen LogP) is 2.47. The van der Waals surface area contributed by atoms with Crippen molar-refractivity contribution in [1.29, 1.82) is 0 Å². The van der Waals surface area contributed by atoms with Crippen LogP contribution in [0.25, 0.3) is 4.96 Å². The van der Waals surface area contributed by atoms with Crippen LogP contribution in [0.1, 0.15) is 27.2 Å². The topological polar surface area (TPSA) is 46.4 Å². The second kappa shape index (κ2) is 5.09. The summed E-state index contributed by atoms with van der Waals surface area (Å²) in [5.41, 5.74) is 4.17. The minimum absolute atomic E-state index is 0.166. The SMILES string of the molecule is O=C(Cc1cn2ccsc2n1)c1cccc2c1CCNC2. The first-order valence-corrected chi connectivity index (χ1v) is 7.95. The molecule has 0 bridgehead atoms. The molecule has 21 heavy (non-hydrogen) atoms. The van der Waals surface area contributed by atoms with E-state index in [0.717, 1.165) is 35.7 Å². The number of fused-ring (bicyclic) bond motifs is 2. The Hall–Kier alpha value is -1.98. The Morgan fingerprint density at radius 1 is 1.43 bits per heavy atom. The first kappa shape index (κ1) is 12.7. The van der Waals surface area contributed by atoms with E-state index in [0.29, 0.717) is 6.42 Å². The molecule has 0 atom stereocenters. The van der Waals surface area contributed by atoms with Crippen molar-refractivity contribution in [3.05, 3.63) is 58.4 Å². The van der Waals surface area contributed by atoms with Gasteiger partial charge in [-0.2, -0.15) is 0 Å². The van der Waals surface area contributed by atoms with Crippen LogP contribution in [0.5, 0.6) is 0 Å². The highest BCUT2D eigenvalue weighted by atomic mass is 32.1. The molecule has 0 saturated heterocycles. The largest absolute Gasteiger partial charge is 0.312 e. The summed E-state index contributed by atoms with van der Waals surface area (Å²) in [7, 11) is 0. The van der Waals surface area contributed by atoms with Crippen LogP contribution in [0, 0.1) is 0 Å². The van der Waals surface area contributed by atoms with E-state index in [4.69, 9.17) is 0 Å². The van der Waals surface area contributed by atoms with E-state index >= 15 is 0 Å². The zero-order chi connectivity index (χ0) is 14.2. The number of aromatic nitrogens is 2. The first-order valence-electron chi connectivity index (χ1n) is 7.07. The summed E-state index contributed by atoms with van der Waals surface area (Å²) < 4.78 is 1.97. The molecule has 5 heteroatoms. The zero-order valence-corrected chi connectivity index (χ0v) is 12.3. The van der Waals surface area contributed by atoms with E-state index in [-0.39, 0.29) is 5.78 Å². The van der Waals surface area contributed by atoms with Crippen molar-refractivity contribution in [2.75, 3.05) is 6.54 Å². The van der Waals surface area contributed by atoms with Crippen LogP contribution in [0.2, 0.25) is 0 Å². The number of nitrogens with one attached hydrogen (secondary N) is 1. The third kappa shape index (κ3) is 2.28. The number of hydrogen-bond acceptors (Lipinski definition) is 4. The summed E-state index contributed by atoms with van der Waals surface area (Å²) in [6.07, 6.45) is 5.21. The second-order valence-electron chi connectivity index (χ2n) is 5.30. The van der Waals surface area contributed by atoms with Crippen LogP contribution >= 0.6 is 11.3 Å². The van der Waals surface area contributed by atoms with Gasteiger partial charge in [0.1, 0.15) is 0 Å². The van der Waals surface area contributed by atoms with Gasteiger partial charge in [0.2, 0.25) is 0 Å². The highest BCUT2D eigenvalue weighted by Crippen LogP contribution is 2.21. The van der Waals surface area contributed by atoms with Crippen molar-refractivity contribution in [3.8, 4) is 0 Å². The summed E-state index contributed by atoms with van der Waals surface area (Å²) in [5, 5.41) is 5.34. The molecule has 1 aliphatic rings. The molecule has 3 aromatic rings. The molecule has 0 radical (unpaired) electrons. The lowest BCUT2D eigenvalue weighted by atomic mass is 9.92. The fourth-order valence-electron chi connectivity index (χ4n) is 2.91. The van der Waals surface area contributed by atoms with E-state index in [9.17, 15) is 4.79 Å². The number of ketones is 1. The molecule has 3 heterocycles. The standard InChI is InChI=1S/C16H15N3OS/c20-15(8-12-10-19-6-7-21-16(19)18-12)14-3-1-2-11-9-17-5-4-13(11)14/h1-3,6-7,10,17H,4-5,8-9H2. The normalized spacial score (nSPS) is 14.3. The lowest BCUT2D eigenvalue weighted by Gasteiger charge is -2.19. The van der Waals surface area contributed by atoms with Crippen LogP contribution in [0.4, 0.5) is 0 Å². The Balaban J connectivity index is 1.64. The molecule has 1 N–H and O–H groups in total. The molecule has 2 aromatic heterocycles. The summed E-state index contributed by atoms with van der Waals surface area (Å²) >= 11 is 1.59. The summed E-state index contributed by atoms with van der Waals surface area (Å²) in [5.74, 6) is 0.166. The monoisotopic (exact) mass is 297 g/mol. The smallest absolute Gasteiger partial charge is 0.193 e. The number of benzene rings is 1. The van der Waals surface area contributed by atoms with E-state index in [1.165, 1.54) is 11.1 Å². The van der Waals surface area contributed by atoms with E-state index in [2.05, 4.69) is 16.4 Å². The quantitative estimate of drug-likeness (QED) is 0.755. The number of thiazole rings is 1. The summed E-state index contributed by atoms with van der Waals surface area (Å²) in [4.78, 5) is 18.1. The van der Waals surface area contributed by atoms with Crippen LogP contribution in [-0.4, -0.2) is 21.7 Å². The minimum Gasteiger partial charge on any atom is -0.312 e. The van der Waals surface area contributed by atoms with E-state index < -0.39 is 0 Å². The molecular formula is C16H15N3OS. The highest BCUT2D eigenvalue weighted by molar-refractivity contribution is 7.15. The average Bonchev–Trinajstić information content (AvgIpc) is 3.07. The Bertz CT molecular complexity index is 789. The fourth-order valence-corrected chi connectivity index (χ4v) is 3.63. The Morgan fingerprint density at radius 2 is 2.38 bits per heavy atom. The van der Waals surface area contributed by atoms with Crippen molar-refractivity contribution >= 4 is 22.1 Å². The molecule has 1 aromatic carbocycles. The highest BCUT2D eigenvalue weighted by Gasteiger charge is 2.18. The Labute approximate surface area is 126 Å². The maximum absolute atomic E-state index is 12.6. The van der Waals surface area contributed by atoms with Crippen LogP contribution in [0.3, 0.4) is 0 Å². The van der Waals surface area contributed by atoms with Gasteiger partial charge in [-0.05, 0) is 24.1 Å². The van der Waals surface area contributed by atoms with Gasteiger partial charge in [-0.25, -0.2) is 4.98 Å². The summed E-state index contributed by atoms with van der Waals surface area (Å²) in [6, 6.07) is 6.03. The van der Waals surface area contributed by atoms with Crippen molar-refractivity contribution in [3.63, 3.8) is 0 Å². The molecule has 106 valence electrons. The number of carbonyl (C=O) groups excluding carboxylic acids is 1. The van der Waals surface area contributed by atoms with Crippen molar-refractivity contribution in [2.24, 2.45) is 0 Å².